The first-order valence-electron chi connectivity index (χ1n) is 11.6. The number of benzene rings is 2. The average Bonchev–Trinajstić information content (AvgIpc) is 3.23. The third-order valence-electron chi connectivity index (χ3n) is 6.71. The number of aromatic amines is 1. The lowest BCUT2D eigenvalue weighted by molar-refractivity contribution is -0.132. The van der Waals surface area contributed by atoms with Gasteiger partial charge in [0, 0.05) is 43.3 Å². The van der Waals surface area contributed by atoms with E-state index in [0.717, 1.165) is 18.5 Å². The number of anilines is 1. The number of hydrogen-bond donors (Lipinski definition) is 1. The van der Waals surface area contributed by atoms with Gasteiger partial charge in [-0.05, 0) is 31.5 Å². The number of methoxy groups -OCH3 is 2. The number of ether oxygens (including phenoxy) is 2. The highest BCUT2D eigenvalue weighted by Crippen LogP contribution is 2.34. The summed E-state index contributed by atoms with van der Waals surface area (Å²) in [6.45, 7) is 6.90. The Morgan fingerprint density at radius 1 is 1.03 bits per heavy atom. The smallest absolute Gasteiger partial charge is 0.278 e. The highest BCUT2D eigenvalue weighted by molar-refractivity contribution is 6.05. The fourth-order valence-electron chi connectivity index (χ4n) is 4.83. The normalized spacial score (nSPS) is 14.1. The lowest BCUT2D eigenvalue weighted by Gasteiger charge is -2.37. The maximum absolute atomic E-state index is 13.2. The van der Waals surface area contributed by atoms with Crippen LogP contribution in [-0.4, -0.2) is 65.7 Å². The molecule has 1 fully saturated rings. The number of amides is 1. The number of aryl methyl sites for hydroxylation is 2. The van der Waals surface area contributed by atoms with Crippen LogP contribution in [-0.2, 0) is 11.3 Å². The maximum Gasteiger partial charge on any atom is 0.278 e. The van der Waals surface area contributed by atoms with Gasteiger partial charge in [-0.15, -0.1) is 0 Å². The maximum atomic E-state index is 13.2. The number of piperazine rings is 1. The third kappa shape index (κ3) is 4.07. The second kappa shape index (κ2) is 8.98. The third-order valence-corrected chi connectivity index (χ3v) is 6.71. The molecule has 4 aromatic rings. The van der Waals surface area contributed by atoms with Crippen molar-refractivity contribution in [1.82, 2.24) is 19.4 Å². The Kier molecular flexibility index (Phi) is 5.84. The molecule has 1 aliphatic heterocycles. The number of H-pyrrole nitrogens is 1. The van der Waals surface area contributed by atoms with Gasteiger partial charge in [0.2, 0.25) is 5.91 Å². The minimum Gasteiger partial charge on any atom is -0.493 e. The van der Waals surface area contributed by atoms with Gasteiger partial charge in [0.15, 0.2) is 11.5 Å². The number of carbonyl (C=O) groups excluding carboxylic acids is 1. The zero-order valence-corrected chi connectivity index (χ0v) is 20.4. The highest BCUT2D eigenvalue weighted by Gasteiger charge is 2.23. The molecule has 1 amide bonds. The van der Waals surface area contributed by atoms with Gasteiger partial charge < -0.3 is 24.3 Å². The van der Waals surface area contributed by atoms with Gasteiger partial charge in [-0.25, -0.2) is 4.98 Å². The SMILES string of the molecule is COc1cc2[nH]c3c(=O)n(CC(=O)N4CCN(c5ccc(C)cc5C)CC4)cnc3c2cc1OC. The molecule has 0 bridgehead atoms. The predicted molar refractivity (Wildman–Crippen MR) is 136 cm³/mol. The summed E-state index contributed by atoms with van der Waals surface area (Å²) >= 11 is 0. The van der Waals surface area contributed by atoms with Crippen LogP contribution in [0.3, 0.4) is 0 Å². The van der Waals surface area contributed by atoms with Crippen LogP contribution in [0.15, 0.2) is 41.5 Å². The van der Waals surface area contributed by atoms with Crippen LogP contribution in [0.2, 0.25) is 0 Å². The fourth-order valence-corrected chi connectivity index (χ4v) is 4.83. The molecular formula is C26H29N5O4. The van der Waals surface area contributed by atoms with Gasteiger partial charge in [-0.2, -0.15) is 0 Å². The van der Waals surface area contributed by atoms with Crippen molar-refractivity contribution in [3.63, 3.8) is 0 Å². The fraction of sp³-hybridized carbons (Fsp3) is 0.346. The number of hydrogen-bond acceptors (Lipinski definition) is 6. The highest BCUT2D eigenvalue weighted by atomic mass is 16.5. The van der Waals surface area contributed by atoms with Gasteiger partial charge in [-0.1, -0.05) is 17.7 Å². The van der Waals surface area contributed by atoms with Crippen LogP contribution < -0.4 is 19.9 Å². The van der Waals surface area contributed by atoms with Crippen molar-refractivity contribution in [2.75, 3.05) is 45.3 Å². The number of nitrogens with zero attached hydrogens (tertiary/aromatic N) is 4. The lowest BCUT2D eigenvalue weighted by Crippen LogP contribution is -2.50. The van der Waals surface area contributed by atoms with Crippen molar-refractivity contribution in [3.05, 3.63) is 58.1 Å². The van der Waals surface area contributed by atoms with Crippen molar-refractivity contribution in [2.45, 2.75) is 20.4 Å². The summed E-state index contributed by atoms with van der Waals surface area (Å²) in [7, 11) is 3.12. The van der Waals surface area contributed by atoms with E-state index in [-0.39, 0.29) is 18.0 Å². The van der Waals surface area contributed by atoms with Gasteiger partial charge in [-0.3, -0.25) is 14.2 Å². The summed E-state index contributed by atoms with van der Waals surface area (Å²) < 4.78 is 12.1. The molecule has 0 radical (unpaired) electrons. The molecule has 1 saturated heterocycles. The van der Waals surface area contributed by atoms with Crippen molar-refractivity contribution in [1.29, 1.82) is 0 Å². The van der Waals surface area contributed by atoms with Crippen molar-refractivity contribution in [2.24, 2.45) is 0 Å². The number of nitrogens with one attached hydrogen (secondary N) is 1. The molecule has 5 rings (SSSR count). The van der Waals surface area contributed by atoms with Crippen molar-refractivity contribution < 1.29 is 14.3 Å². The Morgan fingerprint density at radius 3 is 2.43 bits per heavy atom. The van der Waals surface area contributed by atoms with E-state index in [0.29, 0.717) is 41.1 Å². The average molecular weight is 476 g/mol. The largest absolute Gasteiger partial charge is 0.493 e. The monoisotopic (exact) mass is 475 g/mol. The summed E-state index contributed by atoms with van der Waals surface area (Å²) in [6, 6.07) is 10.0. The summed E-state index contributed by atoms with van der Waals surface area (Å²) in [6.07, 6.45) is 1.44. The second-order valence-corrected chi connectivity index (χ2v) is 8.94. The van der Waals surface area contributed by atoms with Crippen LogP contribution in [0.4, 0.5) is 5.69 Å². The Bertz CT molecular complexity index is 1480. The predicted octanol–water partition coefficient (Wildman–Crippen LogP) is 2.86. The van der Waals surface area contributed by atoms with Crippen molar-refractivity contribution >= 4 is 33.5 Å². The zero-order valence-electron chi connectivity index (χ0n) is 20.4. The van der Waals surface area contributed by atoms with E-state index < -0.39 is 0 Å². The molecule has 0 spiro atoms. The topological polar surface area (TPSA) is 92.7 Å². The Balaban J connectivity index is 1.34. The molecule has 2 aromatic carbocycles. The van der Waals surface area contributed by atoms with Crippen LogP contribution in [0.25, 0.3) is 21.9 Å². The van der Waals surface area contributed by atoms with Crippen LogP contribution in [0.1, 0.15) is 11.1 Å². The van der Waals surface area contributed by atoms with E-state index in [4.69, 9.17) is 9.47 Å². The van der Waals surface area contributed by atoms with E-state index in [2.05, 4.69) is 46.9 Å². The molecule has 0 atom stereocenters. The molecule has 9 nitrogen and oxygen atoms in total. The number of carbonyl (C=O) groups is 1. The molecule has 0 unspecified atom stereocenters. The standard InChI is InChI=1S/C26H29N5O4/c1-16-5-6-20(17(2)11-16)29-7-9-30(10-8-29)23(32)14-31-15-27-24-18-12-21(34-3)22(35-4)13-19(18)28-25(24)26(31)33/h5-6,11-13,15,28H,7-10,14H2,1-4H3. The molecule has 9 heteroatoms. The quantitative estimate of drug-likeness (QED) is 0.477. The van der Waals surface area contributed by atoms with Gasteiger partial charge in [0.25, 0.3) is 5.56 Å². The van der Waals surface area contributed by atoms with Crippen LogP contribution in [0, 0.1) is 13.8 Å². The second-order valence-electron chi connectivity index (χ2n) is 8.94. The van der Waals surface area contributed by atoms with Gasteiger partial charge in [0.1, 0.15) is 17.6 Å². The van der Waals surface area contributed by atoms with Crippen molar-refractivity contribution in [3.8, 4) is 11.5 Å². The molecule has 1 aliphatic rings. The minimum atomic E-state index is -0.286. The Hall–Kier alpha value is -4.01. The molecule has 182 valence electrons. The van der Waals surface area contributed by atoms with E-state index >= 15 is 0 Å². The molecule has 0 saturated carbocycles. The van der Waals surface area contributed by atoms with Gasteiger partial charge >= 0.3 is 0 Å². The van der Waals surface area contributed by atoms with E-state index in [1.54, 1.807) is 26.4 Å². The van der Waals surface area contributed by atoms with E-state index in [1.807, 2.05) is 4.90 Å². The number of rotatable bonds is 5. The summed E-state index contributed by atoms with van der Waals surface area (Å²) in [5.74, 6) is 1.03. The Morgan fingerprint density at radius 2 is 1.74 bits per heavy atom. The minimum absolute atomic E-state index is 0.0483. The molecule has 3 heterocycles. The number of fused-ring (bicyclic) bond motifs is 3. The summed E-state index contributed by atoms with van der Waals surface area (Å²) in [4.78, 5) is 38.0. The van der Waals surface area contributed by atoms with Crippen LogP contribution in [0.5, 0.6) is 11.5 Å². The lowest BCUT2D eigenvalue weighted by atomic mass is 10.1. The molecule has 1 N–H and O–H groups in total. The van der Waals surface area contributed by atoms with E-state index in [1.165, 1.54) is 27.7 Å². The zero-order chi connectivity index (χ0) is 24.7. The first-order valence-corrected chi connectivity index (χ1v) is 11.6. The molecule has 2 aromatic heterocycles. The van der Waals surface area contributed by atoms with E-state index in [9.17, 15) is 9.59 Å². The summed E-state index contributed by atoms with van der Waals surface area (Å²) in [5.41, 5.74) is 5.01. The molecule has 0 aliphatic carbocycles. The van der Waals surface area contributed by atoms with Gasteiger partial charge in [0.05, 0.1) is 26.1 Å². The Labute approximate surface area is 202 Å². The first kappa shape index (κ1) is 22.8. The molecule has 35 heavy (non-hydrogen) atoms. The summed E-state index contributed by atoms with van der Waals surface area (Å²) in [5, 5.41) is 0.760. The van der Waals surface area contributed by atoms with Crippen LogP contribution >= 0.6 is 0 Å². The number of aromatic nitrogens is 3. The first-order chi connectivity index (χ1) is 16.9. The molecular weight excluding hydrogens is 446 g/mol.